The van der Waals surface area contributed by atoms with Crippen LogP contribution in [0.4, 0.5) is 34.1 Å². The maximum absolute atomic E-state index is 2.45. The fourth-order valence-corrected chi connectivity index (χ4v) is 9.11. The molecule has 258 valence electrons. The van der Waals surface area contributed by atoms with Gasteiger partial charge in [0.1, 0.15) is 0 Å². The summed E-state index contributed by atoms with van der Waals surface area (Å²) in [6, 6.07) is 62.6. The highest BCUT2D eigenvalue weighted by Gasteiger charge is 2.23. The summed E-state index contributed by atoms with van der Waals surface area (Å²) in [6.45, 7) is 9.02. The van der Waals surface area contributed by atoms with Gasteiger partial charge in [0.05, 0.1) is 11.4 Å². The Labute approximate surface area is 316 Å². The molecule has 0 bridgehead atoms. The van der Waals surface area contributed by atoms with Gasteiger partial charge in [0.25, 0.3) is 0 Å². The van der Waals surface area contributed by atoms with E-state index in [0.717, 1.165) is 22.7 Å². The molecule has 0 amide bonds. The molecule has 1 aromatic heterocycles. The first-order chi connectivity index (χ1) is 26.0. The fraction of sp³-hybridized carbons (Fsp3) is 0.120. The van der Waals surface area contributed by atoms with Crippen LogP contribution >= 0.6 is 11.3 Å². The van der Waals surface area contributed by atoms with Crippen molar-refractivity contribution in [1.29, 1.82) is 0 Å². The Hall–Kier alpha value is -5.90. The van der Waals surface area contributed by atoms with Crippen LogP contribution in [0.15, 0.2) is 170 Å². The smallest absolute Gasteiger partial charge is 0.0547 e. The van der Waals surface area contributed by atoms with Crippen molar-refractivity contribution in [3.63, 3.8) is 0 Å². The summed E-state index contributed by atoms with van der Waals surface area (Å²) in [5, 5.41) is 7.57. The Bertz CT molecular complexity index is 2520. The van der Waals surface area contributed by atoms with Crippen molar-refractivity contribution in [2.45, 2.75) is 39.5 Å². The SMILES string of the molecule is CC(C)c1ccc(N(c2ccccc2)c2cc3c4cc(N(c5ccccc5)c5ccc(C(C)C)cc5)c5ccccc5c4sc3c3ccccc23)cc1. The molecule has 0 saturated heterocycles. The Morgan fingerprint density at radius 1 is 0.340 bits per heavy atom. The van der Waals surface area contributed by atoms with Gasteiger partial charge in [-0.25, -0.2) is 0 Å². The van der Waals surface area contributed by atoms with E-state index in [1.807, 2.05) is 11.3 Å². The largest absolute Gasteiger partial charge is 0.310 e. The number of hydrogen-bond donors (Lipinski definition) is 0. The van der Waals surface area contributed by atoms with Gasteiger partial charge in [0, 0.05) is 64.5 Å². The van der Waals surface area contributed by atoms with Crippen LogP contribution in [0.3, 0.4) is 0 Å². The summed E-state index contributed by atoms with van der Waals surface area (Å²) in [6.07, 6.45) is 0. The predicted octanol–water partition coefficient (Wildman–Crippen LogP) is 15.5. The van der Waals surface area contributed by atoms with E-state index in [4.69, 9.17) is 0 Å². The van der Waals surface area contributed by atoms with Crippen molar-refractivity contribution in [2.75, 3.05) is 9.80 Å². The molecule has 0 N–H and O–H groups in total. The molecule has 0 aliphatic heterocycles. The van der Waals surface area contributed by atoms with E-state index in [1.54, 1.807) is 0 Å². The molecule has 9 rings (SSSR count). The highest BCUT2D eigenvalue weighted by atomic mass is 32.1. The van der Waals surface area contributed by atoms with E-state index in [1.165, 1.54) is 64.2 Å². The number of para-hydroxylation sites is 2. The molecule has 0 aliphatic rings. The molecule has 0 saturated carbocycles. The van der Waals surface area contributed by atoms with Gasteiger partial charge < -0.3 is 9.80 Å². The zero-order chi connectivity index (χ0) is 36.1. The van der Waals surface area contributed by atoms with Crippen LogP contribution in [0.1, 0.15) is 50.7 Å². The Morgan fingerprint density at radius 2 is 0.660 bits per heavy atom. The van der Waals surface area contributed by atoms with Gasteiger partial charge in [-0.1, -0.05) is 137 Å². The summed E-state index contributed by atoms with van der Waals surface area (Å²) in [4.78, 5) is 4.87. The third kappa shape index (κ3) is 5.82. The summed E-state index contributed by atoms with van der Waals surface area (Å²) in [7, 11) is 0. The molecule has 8 aromatic carbocycles. The van der Waals surface area contributed by atoms with Crippen LogP contribution in [0.25, 0.3) is 41.7 Å². The predicted molar refractivity (Wildman–Crippen MR) is 232 cm³/mol. The maximum Gasteiger partial charge on any atom is 0.0547 e. The topological polar surface area (TPSA) is 6.48 Å². The molecule has 0 unspecified atom stereocenters. The Kier molecular flexibility index (Phi) is 8.45. The van der Waals surface area contributed by atoms with Gasteiger partial charge in [0.15, 0.2) is 0 Å². The number of anilines is 6. The molecule has 9 aromatic rings. The van der Waals surface area contributed by atoms with Gasteiger partial charge in [-0.2, -0.15) is 0 Å². The van der Waals surface area contributed by atoms with Gasteiger partial charge >= 0.3 is 0 Å². The van der Waals surface area contributed by atoms with Crippen molar-refractivity contribution >= 4 is 87.2 Å². The Morgan fingerprint density at radius 3 is 1.02 bits per heavy atom. The average molecular weight is 703 g/mol. The number of fused-ring (bicyclic) bond motifs is 7. The lowest BCUT2D eigenvalue weighted by Gasteiger charge is -2.28. The number of benzene rings is 8. The molecule has 0 spiro atoms. The minimum atomic E-state index is 0.469. The van der Waals surface area contributed by atoms with Gasteiger partial charge in [-0.05, 0) is 83.6 Å². The number of nitrogens with zero attached hydrogens (tertiary/aromatic N) is 2. The minimum absolute atomic E-state index is 0.469. The van der Waals surface area contributed by atoms with E-state index in [2.05, 4.69) is 207 Å². The summed E-state index contributed by atoms with van der Waals surface area (Å²) >= 11 is 1.92. The summed E-state index contributed by atoms with van der Waals surface area (Å²) < 4.78 is 2.63. The highest BCUT2D eigenvalue weighted by molar-refractivity contribution is 7.27. The van der Waals surface area contributed by atoms with Crippen molar-refractivity contribution in [1.82, 2.24) is 0 Å². The van der Waals surface area contributed by atoms with Gasteiger partial charge in [0.2, 0.25) is 0 Å². The van der Waals surface area contributed by atoms with Crippen LogP contribution in [0, 0.1) is 0 Å². The van der Waals surface area contributed by atoms with Crippen molar-refractivity contribution < 1.29 is 0 Å². The van der Waals surface area contributed by atoms with E-state index in [-0.39, 0.29) is 0 Å². The quantitative estimate of drug-likeness (QED) is 0.156. The molecule has 1 heterocycles. The Balaban J connectivity index is 1.35. The van der Waals surface area contributed by atoms with E-state index < -0.39 is 0 Å². The third-order valence-electron chi connectivity index (χ3n) is 10.6. The molecule has 53 heavy (non-hydrogen) atoms. The van der Waals surface area contributed by atoms with Crippen molar-refractivity contribution in [2.24, 2.45) is 0 Å². The van der Waals surface area contributed by atoms with Crippen LogP contribution in [-0.4, -0.2) is 0 Å². The second-order valence-electron chi connectivity index (χ2n) is 14.6. The zero-order valence-electron chi connectivity index (χ0n) is 30.6. The average Bonchev–Trinajstić information content (AvgIpc) is 3.58. The first kappa shape index (κ1) is 33.0. The molecule has 0 radical (unpaired) electrons. The molecule has 0 fully saturated rings. The van der Waals surface area contributed by atoms with Gasteiger partial charge in [-0.15, -0.1) is 11.3 Å². The first-order valence-electron chi connectivity index (χ1n) is 18.7. The fourth-order valence-electron chi connectivity index (χ4n) is 7.78. The van der Waals surface area contributed by atoms with E-state index in [9.17, 15) is 0 Å². The van der Waals surface area contributed by atoms with Crippen LogP contribution < -0.4 is 9.80 Å². The second-order valence-corrected chi connectivity index (χ2v) is 15.6. The van der Waals surface area contributed by atoms with Gasteiger partial charge in [-0.3, -0.25) is 0 Å². The molecule has 0 aliphatic carbocycles. The van der Waals surface area contributed by atoms with Crippen LogP contribution in [0.5, 0.6) is 0 Å². The second kappa shape index (κ2) is 13.6. The first-order valence-corrected chi connectivity index (χ1v) is 19.5. The van der Waals surface area contributed by atoms with Crippen LogP contribution in [-0.2, 0) is 0 Å². The zero-order valence-corrected chi connectivity index (χ0v) is 31.4. The van der Waals surface area contributed by atoms with Crippen molar-refractivity contribution in [3.05, 3.63) is 181 Å². The number of hydrogen-bond acceptors (Lipinski definition) is 3. The van der Waals surface area contributed by atoms with E-state index >= 15 is 0 Å². The lowest BCUT2D eigenvalue weighted by molar-refractivity contribution is 0.866. The number of rotatable bonds is 8. The monoisotopic (exact) mass is 702 g/mol. The normalized spacial score (nSPS) is 11.7. The lowest BCUT2D eigenvalue weighted by atomic mass is 9.98. The lowest BCUT2D eigenvalue weighted by Crippen LogP contribution is -2.11. The molecular formula is C50H42N2S. The van der Waals surface area contributed by atoms with Crippen LogP contribution in [0.2, 0.25) is 0 Å². The molecule has 2 nitrogen and oxygen atoms in total. The molecule has 3 heteroatoms. The minimum Gasteiger partial charge on any atom is -0.310 e. The third-order valence-corrected chi connectivity index (χ3v) is 11.9. The number of thiophene rings is 1. The highest BCUT2D eigenvalue weighted by Crippen LogP contribution is 2.50. The molecule has 0 atom stereocenters. The van der Waals surface area contributed by atoms with E-state index in [0.29, 0.717) is 11.8 Å². The standard InChI is InChI=1S/C50H42N2S/c1-33(2)35-23-27-39(28-24-35)51(37-15-7-5-8-16-37)47-31-45-46-32-48(52(38-17-9-6-10-18-38)40-29-25-36(26-30-40)34(3)4)42-20-12-14-22-44(42)50(46)53-49(45)43-21-13-11-19-41(43)47/h5-34H,1-4H3. The van der Waals surface area contributed by atoms with Crippen molar-refractivity contribution in [3.8, 4) is 0 Å². The molecular weight excluding hydrogens is 661 g/mol. The summed E-state index contributed by atoms with van der Waals surface area (Å²) in [5.74, 6) is 0.937. The summed E-state index contributed by atoms with van der Waals surface area (Å²) in [5.41, 5.74) is 9.61. The maximum atomic E-state index is 2.45.